The molecule has 0 fully saturated rings. The van der Waals surface area contributed by atoms with Crippen LogP contribution in [0.25, 0.3) is 11.3 Å². The van der Waals surface area contributed by atoms with Crippen LogP contribution in [-0.2, 0) is 0 Å². The van der Waals surface area contributed by atoms with Gasteiger partial charge in [-0.3, -0.25) is 0 Å². The molecule has 2 rings (SSSR count). The number of nitrogens with zero attached hydrogens (tertiary/aromatic N) is 1. The van der Waals surface area contributed by atoms with E-state index in [2.05, 4.69) is 26.2 Å². The highest BCUT2D eigenvalue weighted by Crippen LogP contribution is 2.31. The molecule has 1 N–H and O–H groups in total. The molecular formula is C12H12BrFN2O. The van der Waals surface area contributed by atoms with Gasteiger partial charge < -0.3 is 9.73 Å². The predicted octanol–water partition coefficient (Wildman–Crippen LogP) is 3.52. The van der Waals surface area contributed by atoms with Crippen molar-refractivity contribution < 1.29 is 8.81 Å². The predicted molar refractivity (Wildman–Crippen MR) is 67.1 cm³/mol. The molecule has 0 aliphatic carbocycles. The van der Waals surface area contributed by atoms with Gasteiger partial charge in [0, 0.05) is 5.56 Å². The SMILES string of the molecule is CNC(C)c1ncc(-c2cccc(F)c2Br)o1. The van der Waals surface area contributed by atoms with Gasteiger partial charge in [0.25, 0.3) is 0 Å². The topological polar surface area (TPSA) is 38.1 Å². The minimum Gasteiger partial charge on any atom is -0.439 e. The molecule has 0 aliphatic heterocycles. The van der Waals surface area contributed by atoms with Gasteiger partial charge in [0.15, 0.2) is 5.76 Å². The van der Waals surface area contributed by atoms with Gasteiger partial charge in [-0.05, 0) is 42.0 Å². The van der Waals surface area contributed by atoms with E-state index in [1.807, 2.05) is 14.0 Å². The third kappa shape index (κ3) is 2.40. The van der Waals surface area contributed by atoms with Crippen LogP contribution in [0.4, 0.5) is 4.39 Å². The molecule has 0 spiro atoms. The molecule has 0 aliphatic rings. The lowest BCUT2D eigenvalue weighted by Crippen LogP contribution is -2.12. The zero-order valence-corrected chi connectivity index (χ0v) is 11.1. The van der Waals surface area contributed by atoms with Gasteiger partial charge in [-0.15, -0.1) is 0 Å². The summed E-state index contributed by atoms with van der Waals surface area (Å²) >= 11 is 3.20. The van der Waals surface area contributed by atoms with Crippen LogP contribution in [0.15, 0.2) is 33.3 Å². The van der Waals surface area contributed by atoms with Crippen LogP contribution in [0.2, 0.25) is 0 Å². The summed E-state index contributed by atoms with van der Waals surface area (Å²) in [6.07, 6.45) is 1.60. The van der Waals surface area contributed by atoms with Gasteiger partial charge in [-0.25, -0.2) is 9.37 Å². The van der Waals surface area contributed by atoms with E-state index in [0.717, 1.165) is 0 Å². The molecule has 1 heterocycles. The van der Waals surface area contributed by atoms with Gasteiger partial charge in [0.2, 0.25) is 5.89 Å². The van der Waals surface area contributed by atoms with Gasteiger partial charge in [-0.2, -0.15) is 0 Å². The normalized spacial score (nSPS) is 12.7. The Bertz CT molecular complexity index is 527. The summed E-state index contributed by atoms with van der Waals surface area (Å²) in [6.45, 7) is 1.94. The number of halogens is 2. The molecule has 1 unspecified atom stereocenters. The van der Waals surface area contributed by atoms with Crippen molar-refractivity contribution in [2.75, 3.05) is 7.05 Å². The van der Waals surface area contributed by atoms with E-state index in [4.69, 9.17) is 4.42 Å². The smallest absolute Gasteiger partial charge is 0.211 e. The molecule has 0 bridgehead atoms. The van der Waals surface area contributed by atoms with E-state index in [9.17, 15) is 4.39 Å². The van der Waals surface area contributed by atoms with Crippen molar-refractivity contribution in [3.8, 4) is 11.3 Å². The molecule has 1 aromatic heterocycles. The Labute approximate surface area is 107 Å². The second kappa shape index (κ2) is 4.98. The number of benzene rings is 1. The van der Waals surface area contributed by atoms with Crippen molar-refractivity contribution in [1.29, 1.82) is 0 Å². The number of nitrogens with one attached hydrogen (secondary N) is 1. The van der Waals surface area contributed by atoms with E-state index in [1.54, 1.807) is 18.3 Å². The first kappa shape index (κ1) is 12.3. The van der Waals surface area contributed by atoms with Gasteiger partial charge in [0.1, 0.15) is 5.82 Å². The molecule has 0 saturated heterocycles. The molecule has 1 atom stereocenters. The zero-order valence-electron chi connectivity index (χ0n) is 9.50. The summed E-state index contributed by atoms with van der Waals surface area (Å²) < 4.78 is 19.4. The average molecular weight is 299 g/mol. The molecule has 17 heavy (non-hydrogen) atoms. The molecule has 5 heteroatoms. The number of rotatable bonds is 3. The van der Waals surface area contributed by atoms with E-state index in [1.165, 1.54) is 6.07 Å². The number of aromatic nitrogens is 1. The Morgan fingerprint density at radius 3 is 2.94 bits per heavy atom. The van der Waals surface area contributed by atoms with Crippen LogP contribution in [0, 0.1) is 5.82 Å². The molecule has 0 radical (unpaired) electrons. The molecule has 1 aromatic carbocycles. The van der Waals surface area contributed by atoms with E-state index >= 15 is 0 Å². The third-order valence-electron chi connectivity index (χ3n) is 2.54. The molecule has 0 amide bonds. The summed E-state index contributed by atoms with van der Waals surface area (Å²) in [4.78, 5) is 4.16. The fourth-order valence-corrected chi connectivity index (χ4v) is 1.89. The van der Waals surface area contributed by atoms with Crippen LogP contribution >= 0.6 is 15.9 Å². The Morgan fingerprint density at radius 1 is 1.47 bits per heavy atom. The third-order valence-corrected chi connectivity index (χ3v) is 3.35. The second-order valence-corrected chi connectivity index (χ2v) is 4.47. The monoisotopic (exact) mass is 298 g/mol. The maximum Gasteiger partial charge on any atom is 0.211 e. The lowest BCUT2D eigenvalue weighted by Gasteiger charge is -2.04. The first-order valence-electron chi connectivity index (χ1n) is 5.21. The van der Waals surface area contributed by atoms with E-state index < -0.39 is 0 Å². The highest BCUT2D eigenvalue weighted by Gasteiger charge is 2.14. The Balaban J connectivity index is 2.40. The molecule has 90 valence electrons. The Morgan fingerprint density at radius 2 is 2.24 bits per heavy atom. The maximum absolute atomic E-state index is 13.4. The van der Waals surface area contributed by atoms with Gasteiger partial charge in [-0.1, -0.05) is 6.07 Å². The summed E-state index contributed by atoms with van der Waals surface area (Å²) in [7, 11) is 1.83. The minimum absolute atomic E-state index is 0.0242. The number of oxazole rings is 1. The Kier molecular flexibility index (Phi) is 3.59. The van der Waals surface area contributed by atoms with Crippen LogP contribution < -0.4 is 5.32 Å². The first-order chi connectivity index (χ1) is 8.13. The van der Waals surface area contributed by atoms with Crippen molar-refractivity contribution in [3.05, 3.63) is 40.6 Å². The summed E-state index contributed by atoms with van der Waals surface area (Å²) in [5.74, 6) is 0.814. The van der Waals surface area contributed by atoms with Gasteiger partial charge in [0.05, 0.1) is 16.7 Å². The fraction of sp³-hybridized carbons (Fsp3) is 0.250. The zero-order chi connectivity index (χ0) is 12.4. The van der Waals surface area contributed by atoms with Crippen LogP contribution in [0.1, 0.15) is 18.9 Å². The standard InChI is InChI=1S/C12H12BrFN2O/c1-7(15-2)12-16-6-10(17-12)8-4-3-5-9(14)11(8)13/h3-7,15H,1-2H3. The summed E-state index contributed by atoms with van der Waals surface area (Å²) in [6, 6.07) is 4.83. The number of hydrogen-bond acceptors (Lipinski definition) is 3. The highest BCUT2D eigenvalue weighted by molar-refractivity contribution is 9.10. The number of hydrogen-bond donors (Lipinski definition) is 1. The summed E-state index contributed by atoms with van der Waals surface area (Å²) in [5.41, 5.74) is 0.659. The quantitative estimate of drug-likeness (QED) is 0.942. The van der Waals surface area contributed by atoms with Crippen LogP contribution in [-0.4, -0.2) is 12.0 Å². The lowest BCUT2D eigenvalue weighted by atomic mass is 10.2. The van der Waals surface area contributed by atoms with Crippen LogP contribution in [0.5, 0.6) is 0 Å². The molecule has 0 saturated carbocycles. The fourth-order valence-electron chi connectivity index (χ4n) is 1.43. The lowest BCUT2D eigenvalue weighted by molar-refractivity contribution is 0.441. The largest absolute Gasteiger partial charge is 0.439 e. The second-order valence-electron chi connectivity index (χ2n) is 3.67. The van der Waals surface area contributed by atoms with Gasteiger partial charge >= 0.3 is 0 Å². The molecular weight excluding hydrogens is 287 g/mol. The highest BCUT2D eigenvalue weighted by atomic mass is 79.9. The van der Waals surface area contributed by atoms with Crippen molar-refractivity contribution in [3.63, 3.8) is 0 Å². The van der Waals surface area contributed by atoms with Crippen molar-refractivity contribution >= 4 is 15.9 Å². The summed E-state index contributed by atoms with van der Waals surface area (Å²) in [5, 5.41) is 3.03. The van der Waals surface area contributed by atoms with Crippen molar-refractivity contribution in [2.24, 2.45) is 0 Å². The van der Waals surface area contributed by atoms with E-state index in [-0.39, 0.29) is 11.9 Å². The maximum atomic E-state index is 13.4. The molecule has 2 aromatic rings. The van der Waals surface area contributed by atoms with Crippen molar-refractivity contribution in [1.82, 2.24) is 10.3 Å². The van der Waals surface area contributed by atoms with Crippen molar-refractivity contribution in [2.45, 2.75) is 13.0 Å². The minimum atomic E-state index is -0.317. The molecule has 3 nitrogen and oxygen atoms in total. The van der Waals surface area contributed by atoms with E-state index in [0.29, 0.717) is 21.7 Å². The first-order valence-corrected chi connectivity index (χ1v) is 6.00. The average Bonchev–Trinajstić information content (AvgIpc) is 2.81. The van der Waals surface area contributed by atoms with Crippen LogP contribution in [0.3, 0.4) is 0 Å². The Hall–Kier alpha value is -1.20.